The van der Waals surface area contributed by atoms with E-state index in [2.05, 4.69) is 22.0 Å². The summed E-state index contributed by atoms with van der Waals surface area (Å²) in [5, 5.41) is 3.16. The molecular weight excluding hydrogens is 294 g/mol. The minimum Gasteiger partial charge on any atom is -0.381 e. The van der Waals surface area contributed by atoms with Crippen LogP contribution in [0.3, 0.4) is 0 Å². The van der Waals surface area contributed by atoms with E-state index in [-0.39, 0.29) is 5.91 Å². The molecule has 2 heterocycles. The molecule has 6 nitrogen and oxygen atoms in total. The van der Waals surface area contributed by atoms with Crippen LogP contribution in [0.1, 0.15) is 33.1 Å². The molecule has 0 radical (unpaired) electrons. The van der Waals surface area contributed by atoms with Gasteiger partial charge in [-0.25, -0.2) is 0 Å². The first-order valence-corrected chi connectivity index (χ1v) is 9.14. The van der Waals surface area contributed by atoms with Gasteiger partial charge in [-0.15, -0.1) is 0 Å². The van der Waals surface area contributed by atoms with Gasteiger partial charge in [0.1, 0.15) is 0 Å². The van der Waals surface area contributed by atoms with Gasteiger partial charge in [0.05, 0.1) is 13.2 Å². The number of piperazine rings is 1. The van der Waals surface area contributed by atoms with Gasteiger partial charge in [0.2, 0.25) is 5.91 Å². The highest BCUT2D eigenvalue weighted by Crippen LogP contribution is 2.13. The summed E-state index contributed by atoms with van der Waals surface area (Å²) < 4.78 is 10.8. The fourth-order valence-corrected chi connectivity index (χ4v) is 3.43. The summed E-state index contributed by atoms with van der Waals surface area (Å²) in [4.78, 5) is 17.0. The Bertz CT molecular complexity index is 348. The van der Waals surface area contributed by atoms with Gasteiger partial charge in [0, 0.05) is 58.1 Å². The molecule has 0 aromatic heterocycles. The van der Waals surface area contributed by atoms with Crippen molar-refractivity contribution in [3.05, 3.63) is 0 Å². The van der Waals surface area contributed by atoms with E-state index in [1.54, 1.807) is 0 Å². The van der Waals surface area contributed by atoms with Crippen LogP contribution in [0.4, 0.5) is 0 Å². The topological polar surface area (TPSA) is 54.0 Å². The van der Waals surface area contributed by atoms with Crippen molar-refractivity contribution >= 4 is 5.91 Å². The van der Waals surface area contributed by atoms with Crippen LogP contribution in [-0.4, -0.2) is 86.9 Å². The summed E-state index contributed by atoms with van der Waals surface area (Å²) >= 11 is 0. The minimum atomic E-state index is 0.162. The highest BCUT2D eigenvalue weighted by atomic mass is 16.5. The van der Waals surface area contributed by atoms with Gasteiger partial charge in [0.25, 0.3) is 0 Å². The SMILES string of the molecule is CCOCCN1CCN(CC(=O)NC2CCOCC2)C[C@H]1CC. The van der Waals surface area contributed by atoms with Gasteiger partial charge in [-0.05, 0) is 26.2 Å². The van der Waals surface area contributed by atoms with Gasteiger partial charge < -0.3 is 14.8 Å². The summed E-state index contributed by atoms with van der Waals surface area (Å²) in [5.41, 5.74) is 0. The molecule has 0 spiro atoms. The van der Waals surface area contributed by atoms with Crippen LogP contribution in [0.2, 0.25) is 0 Å². The Kier molecular flexibility index (Phi) is 8.30. The molecule has 2 saturated heterocycles. The third-order valence-electron chi connectivity index (χ3n) is 4.84. The molecule has 0 unspecified atom stereocenters. The zero-order valence-corrected chi connectivity index (χ0v) is 14.8. The molecule has 134 valence electrons. The van der Waals surface area contributed by atoms with Gasteiger partial charge in [0.15, 0.2) is 0 Å². The van der Waals surface area contributed by atoms with Crippen molar-refractivity contribution in [2.24, 2.45) is 0 Å². The van der Waals surface area contributed by atoms with Gasteiger partial charge in [-0.3, -0.25) is 14.6 Å². The van der Waals surface area contributed by atoms with E-state index in [4.69, 9.17) is 9.47 Å². The molecular formula is C17H33N3O3. The molecule has 0 aromatic rings. The lowest BCUT2D eigenvalue weighted by molar-refractivity contribution is -0.124. The molecule has 0 saturated carbocycles. The maximum atomic E-state index is 12.2. The van der Waals surface area contributed by atoms with Crippen molar-refractivity contribution in [2.75, 3.05) is 59.2 Å². The molecule has 1 atom stereocenters. The molecule has 2 rings (SSSR count). The summed E-state index contributed by atoms with van der Waals surface area (Å²) in [6, 6.07) is 0.825. The van der Waals surface area contributed by atoms with Crippen molar-refractivity contribution < 1.29 is 14.3 Å². The second kappa shape index (κ2) is 10.2. The van der Waals surface area contributed by atoms with Crippen LogP contribution in [0, 0.1) is 0 Å². The Balaban J connectivity index is 1.70. The molecule has 0 aromatic carbocycles. The third kappa shape index (κ3) is 6.37. The Morgan fingerprint density at radius 2 is 2.04 bits per heavy atom. The monoisotopic (exact) mass is 327 g/mol. The molecule has 2 aliphatic rings. The number of amides is 1. The van der Waals surface area contributed by atoms with Gasteiger partial charge >= 0.3 is 0 Å². The molecule has 2 aliphatic heterocycles. The average Bonchev–Trinajstić information content (AvgIpc) is 2.57. The number of ether oxygens (including phenoxy) is 2. The molecule has 1 N–H and O–H groups in total. The number of nitrogens with zero attached hydrogens (tertiary/aromatic N) is 2. The van der Waals surface area contributed by atoms with E-state index in [1.165, 1.54) is 0 Å². The Morgan fingerprint density at radius 1 is 1.26 bits per heavy atom. The van der Waals surface area contributed by atoms with E-state index >= 15 is 0 Å². The normalized spacial score (nSPS) is 24.7. The second-order valence-electron chi connectivity index (χ2n) is 6.48. The molecule has 0 bridgehead atoms. The Labute approximate surface area is 140 Å². The summed E-state index contributed by atoms with van der Waals surface area (Å²) in [6.45, 7) is 11.9. The number of rotatable bonds is 8. The summed E-state index contributed by atoms with van der Waals surface area (Å²) in [5.74, 6) is 0.162. The largest absolute Gasteiger partial charge is 0.381 e. The summed E-state index contributed by atoms with van der Waals surface area (Å²) in [6.07, 6.45) is 2.99. The van der Waals surface area contributed by atoms with Gasteiger partial charge in [-0.1, -0.05) is 6.92 Å². The highest BCUT2D eigenvalue weighted by Gasteiger charge is 2.27. The first kappa shape index (κ1) is 18.6. The smallest absolute Gasteiger partial charge is 0.234 e. The maximum Gasteiger partial charge on any atom is 0.234 e. The molecule has 23 heavy (non-hydrogen) atoms. The fourth-order valence-electron chi connectivity index (χ4n) is 3.43. The summed E-state index contributed by atoms with van der Waals surface area (Å²) in [7, 11) is 0. The fraction of sp³-hybridized carbons (Fsp3) is 0.941. The predicted octanol–water partition coefficient (Wildman–Crippen LogP) is 0.714. The lowest BCUT2D eigenvalue weighted by Crippen LogP contribution is -2.56. The quantitative estimate of drug-likeness (QED) is 0.666. The van der Waals surface area contributed by atoms with Crippen molar-refractivity contribution in [3.63, 3.8) is 0 Å². The highest BCUT2D eigenvalue weighted by molar-refractivity contribution is 5.78. The van der Waals surface area contributed by atoms with Crippen molar-refractivity contribution in [1.82, 2.24) is 15.1 Å². The number of hydrogen-bond acceptors (Lipinski definition) is 5. The first-order chi connectivity index (χ1) is 11.2. The molecule has 1 amide bonds. The van der Waals surface area contributed by atoms with Crippen LogP contribution < -0.4 is 5.32 Å². The Morgan fingerprint density at radius 3 is 2.74 bits per heavy atom. The Hall–Kier alpha value is -0.690. The molecule has 2 fully saturated rings. The van der Waals surface area contributed by atoms with Crippen molar-refractivity contribution in [3.8, 4) is 0 Å². The zero-order valence-electron chi connectivity index (χ0n) is 14.8. The van der Waals surface area contributed by atoms with Crippen molar-refractivity contribution in [2.45, 2.75) is 45.2 Å². The van der Waals surface area contributed by atoms with E-state index < -0.39 is 0 Å². The molecule has 6 heteroatoms. The lowest BCUT2D eigenvalue weighted by atomic mass is 10.1. The van der Waals surface area contributed by atoms with E-state index in [0.717, 1.165) is 71.9 Å². The number of nitrogens with one attached hydrogen (secondary N) is 1. The van der Waals surface area contributed by atoms with Crippen LogP contribution in [0.15, 0.2) is 0 Å². The predicted molar refractivity (Wildman–Crippen MR) is 90.6 cm³/mol. The van der Waals surface area contributed by atoms with Crippen LogP contribution in [0.5, 0.6) is 0 Å². The standard InChI is InChI=1S/C17H33N3O3/c1-3-16-13-19(7-8-20(16)9-12-22-4-2)14-17(21)18-15-5-10-23-11-6-15/h15-16H,3-14H2,1-2H3,(H,18,21)/t16-/m1/s1. The number of carbonyl (C=O) groups excluding carboxylic acids is 1. The third-order valence-corrected chi connectivity index (χ3v) is 4.84. The van der Waals surface area contributed by atoms with E-state index in [0.29, 0.717) is 18.6 Å². The number of carbonyl (C=O) groups is 1. The zero-order chi connectivity index (χ0) is 16.5. The van der Waals surface area contributed by atoms with Crippen molar-refractivity contribution in [1.29, 1.82) is 0 Å². The van der Waals surface area contributed by atoms with Gasteiger partial charge in [-0.2, -0.15) is 0 Å². The lowest BCUT2D eigenvalue weighted by Gasteiger charge is -2.41. The average molecular weight is 327 g/mol. The first-order valence-electron chi connectivity index (χ1n) is 9.14. The number of hydrogen-bond donors (Lipinski definition) is 1. The second-order valence-corrected chi connectivity index (χ2v) is 6.48. The minimum absolute atomic E-state index is 0.162. The molecule has 0 aliphatic carbocycles. The van der Waals surface area contributed by atoms with Crippen LogP contribution >= 0.6 is 0 Å². The van der Waals surface area contributed by atoms with E-state index in [9.17, 15) is 4.79 Å². The van der Waals surface area contributed by atoms with Crippen LogP contribution in [-0.2, 0) is 14.3 Å². The van der Waals surface area contributed by atoms with E-state index in [1.807, 2.05) is 6.92 Å². The van der Waals surface area contributed by atoms with Crippen LogP contribution in [0.25, 0.3) is 0 Å². The maximum absolute atomic E-state index is 12.2.